The number of ether oxygens (including phenoxy) is 1. The largest absolute Gasteiger partial charge is 0.495 e. The van der Waals surface area contributed by atoms with Crippen LogP contribution in [0.5, 0.6) is 5.75 Å². The third-order valence-corrected chi connectivity index (χ3v) is 6.76. The molecule has 1 saturated heterocycles. The second-order valence-electron chi connectivity index (χ2n) is 7.25. The van der Waals surface area contributed by atoms with E-state index < -0.39 is 4.92 Å². The molecule has 2 heterocycles. The lowest BCUT2D eigenvalue weighted by atomic mass is 10.0. The van der Waals surface area contributed by atoms with Crippen molar-refractivity contribution in [1.82, 2.24) is 0 Å². The molecule has 1 fully saturated rings. The lowest BCUT2D eigenvalue weighted by molar-refractivity contribution is -0.384. The number of halogens is 1. The summed E-state index contributed by atoms with van der Waals surface area (Å²) in [4.78, 5) is 25.9. The number of carbonyl (C=O) groups is 1. The molecule has 1 aliphatic heterocycles. The Morgan fingerprint density at radius 2 is 1.91 bits per heavy atom. The zero-order chi connectivity index (χ0) is 23.9. The van der Waals surface area contributed by atoms with Crippen LogP contribution >= 0.6 is 35.6 Å². The van der Waals surface area contributed by atoms with Gasteiger partial charge in [-0.3, -0.25) is 19.8 Å². The first-order chi connectivity index (χ1) is 15.7. The quantitative estimate of drug-likeness (QED) is 0.170. The highest BCUT2D eigenvalue weighted by Crippen LogP contribution is 2.39. The molecular weight excluding hydrogens is 484 g/mol. The molecule has 4 rings (SSSR count). The van der Waals surface area contributed by atoms with Crippen molar-refractivity contribution in [2.75, 3.05) is 12.0 Å². The van der Waals surface area contributed by atoms with Crippen LogP contribution in [0.2, 0.25) is 5.02 Å². The fourth-order valence-corrected chi connectivity index (χ4v) is 4.87. The van der Waals surface area contributed by atoms with Crippen LogP contribution < -0.4 is 9.64 Å². The minimum Gasteiger partial charge on any atom is -0.495 e. The van der Waals surface area contributed by atoms with Crippen molar-refractivity contribution in [3.63, 3.8) is 0 Å². The number of benzene rings is 2. The molecule has 0 saturated carbocycles. The van der Waals surface area contributed by atoms with Gasteiger partial charge in [-0.1, -0.05) is 35.6 Å². The van der Waals surface area contributed by atoms with Crippen LogP contribution in [0.1, 0.15) is 16.9 Å². The number of hydrogen-bond acceptors (Lipinski definition) is 7. The second-order valence-corrected chi connectivity index (χ2v) is 9.33. The molecule has 1 aliphatic rings. The Bertz CT molecular complexity index is 1350. The average molecular weight is 501 g/mol. The molecule has 0 radical (unpaired) electrons. The van der Waals surface area contributed by atoms with Crippen LogP contribution in [-0.2, 0) is 4.79 Å². The van der Waals surface area contributed by atoms with Gasteiger partial charge >= 0.3 is 0 Å². The first-order valence-electron chi connectivity index (χ1n) is 9.67. The summed E-state index contributed by atoms with van der Waals surface area (Å²) in [5.74, 6) is 0.894. The van der Waals surface area contributed by atoms with Crippen molar-refractivity contribution in [3.05, 3.63) is 79.4 Å². The highest BCUT2D eigenvalue weighted by molar-refractivity contribution is 8.27. The zero-order valence-electron chi connectivity index (χ0n) is 17.7. The van der Waals surface area contributed by atoms with Crippen LogP contribution in [0, 0.1) is 24.0 Å². The number of thioether (sulfide) groups is 1. The number of nitro benzene ring substituents is 1. The summed E-state index contributed by atoms with van der Waals surface area (Å²) >= 11 is 12.7. The minimum absolute atomic E-state index is 0.0401. The van der Waals surface area contributed by atoms with Gasteiger partial charge in [0.25, 0.3) is 11.6 Å². The van der Waals surface area contributed by atoms with E-state index in [0.717, 1.165) is 22.9 Å². The van der Waals surface area contributed by atoms with Crippen LogP contribution in [-0.4, -0.2) is 22.3 Å². The normalized spacial score (nSPS) is 14.9. The summed E-state index contributed by atoms with van der Waals surface area (Å²) in [6, 6.07) is 11.5. The zero-order valence-corrected chi connectivity index (χ0v) is 20.1. The molecule has 2 aromatic carbocycles. The highest BCUT2D eigenvalue weighted by Gasteiger charge is 2.34. The monoisotopic (exact) mass is 500 g/mol. The van der Waals surface area contributed by atoms with Crippen LogP contribution in [0.15, 0.2) is 51.8 Å². The Labute approximate surface area is 204 Å². The molecule has 0 N–H and O–H groups in total. The minimum atomic E-state index is -0.435. The Morgan fingerprint density at radius 3 is 2.58 bits per heavy atom. The smallest absolute Gasteiger partial charge is 0.280 e. The van der Waals surface area contributed by atoms with Gasteiger partial charge in [-0.2, -0.15) is 0 Å². The van der Waals surface area contributed by atoms with Crippen molar-refractivity contribution >= 4 is 63.3 Å². The van der Waals surface area contributed by atoms with E-state index in [1.54, 1.807) is 42.5 Å². The number of amides is 1. The van der Waals surface area contributed by atoms with Gasteiger partial charge in [0.15, 0.2) is 4.32 Å². The van der Waals surface area contributed by atoms with Crippen molar-refractivity contribution < 1.29 is 18.9 Å². The molecule has 0 unspecified atom stereocenters. The summed E-state index contributed by atoms with van der Waals surface area (Å²) in [7, 11) is 1.51. The summed E-state index contributed by atoms with van der Waals surface area (Å²) < 4.78 is 11.3. The van der Waals surface area contributed by atoms with Crippen molar-refractivity contribution in [2.24, 2.45) is 0 Å². The number of furan rings is 1. The maximum Gasteiger partial charge on any atom is 0.280 e. The van der Waals surface area contributed by atoms with Gasteiger partial charge in [-0.15, -0.1) is 0 Å². The lowest BCUT2D eigenvalue weighted by Crippen LogP contribution is -2.27. The molecule has 0 bridgehead atoms. The van der Waals surface area contributed by atoms with Crippen molar-refractivity contribution in [1.29, 1.82) is 0 Å². The highest BCUT2D eigenvalue weighted by atomic mass is 35.5. The predicted molar refractivity (Wildman–Crippen MR) is 134 cm³/mol. The van der Waals surface area contributed by atoms with Gasteiger partial charge in [0.1, 0.15) is 17.3 Å². The summed E-state index contributed by atoms with van der Waals surface area (Å²) in [5.41, 5.74) is 2.59. The Balaban J connectivity index is 1.65. The van der Waals surface area contributed by atoms with Gasteiger partial charge in [0, 0.05) is 12.1 Å². The fraction of sp³-hybridized carbons (Fsp3) is 0.130. The molecule has 0 atom stereocenters. The second kappa shape index (κ2) is 9.01. The third-order valence-electron chi connectivity index (χ3n) is 5.16. The van der Waals surface area contributed by atoms with E-state index in [4.69, 9.17) is 33.0 Å². The van der Waals surface area contributed by atoms with Crippen LogP contribution in [0.25, 0.3) is 17.4 Å². The molecule has 10 heteroatoms. The molecule has 1 aromatic heterocycles. The number of carbonyl (C=O) groups excluding carboxylic acids is 1. The van der Waals surface area contributed by atoms with Gasteiger partial charge < -0.3 is 9.15 Å². The molecule has 33 heavy (non-hydrogen) atoms. The first-order valence-corrected chi connectivity index (χ1v) is 11.3. The molecule has 7 nitrogen and oxygen atoms in total. The Kier molecular flexibility index (Phi) is 6.29. The van der Waals surface area contributed by atoms with E-state index in [-0.39, 0.29) is 11.6 Å². The van der Waals surface area contributed by atoms with Gasteiger partial charge in [-0.25, -0.2) is 0 Å². The number of thiocarbonyl (C=S) groups is 1. The number of nitrogens with zero attached hydrogens (tertiary/aromatic N) is 2. The van der Waals surface area contributed by atoms with Crippen LogP contribution in [0.4, 0.5) is 11.4 Å². The maximum absolute atomic E-state index is 13.0. The number of methoxy groups -OCH3 is 1. The maximum atomic E-state index is 13.0. The molecule has 0 aliphatic carbocycles. The summed E-state index contributed by atoms with van der Waals surface area (Å²) in [5, 5.41) is 11.9. The SMILES string of the molecule is COc1ccc(N2C(=O)/C(=C/c3ccc(-c4cc(C)c(C)cc4[N+](=O)[O-])o3)SC2=S)cc1Cl. The van der Waals surface area contributed by atoms with E-state index in [2.05, 4.69) is 0 Å². The number of rotatable bonds is 5. The summed E-state index contributed by atoms with van der Waals surface area (Å²) in [6.07, 6.45) is 1.57. The van der Waals surface area contributed by atoms with Crippen LogP contribution in [0.3, 0.4) is 0 Å². The number of aryl methyl sites for hydroxylation is 2. The summed E-state index contributed by atoms with van der Waals surface area (Å²) in [6.45, 7) is 3.70. The van der Waals surface area contributed by atoms with Gasteiger partial charge in [-0.05, 0) is 61.4 Å². The molecular formula is C23H17ClN2O5S2. The number of anilines is 1. The molecule has 3 aromatic rings. The average Bonchev–Trinajstić information content (AvgIpc) is 3.33. The van der Waals surface area contributed by atoms with Crippen molar-refractivity contribution in [3.8, 4) is 17.1 Å². The van der Waals surface area contributed by atoms with E-state index in [0.29, 0.717) is 42.8 Å². The van der Waals surface area contributed by atoms with Crippen molar-refractivity contribution in [2.45, 2.75) is 13.8 Å². The van der Waals surface area contributed by atoms with E-state index in [1.165, 1.54) is 18.1 Å². The standard InChI is InChI=1S/C23H17ClN2O5S2/c1-12-8-16(18(26(28)29)9-13(12)2)19-7-5-15(31-19)11-21-22(27)25(23(32)33-21)14-4-6-20(30-3)17(24)10-14/h4-11H,1-3H3/b21-11-. The number of hydrogen-bond donors (Lipinski definition) is 0. The molecule has 1 amide bonds. The predicted octanol–water partition coefficient (Wildman–Crippen LogP) is 6.54. The van der Waals surface area contributed by atoms with E-state index in [1.807, 2.05) is 13.8 Å². The third kappa shape index (κ3) is 4.39. The van der Waals surface area contributed by atoms with Gasteiger partial charge in [0.05, 0.1) is 33.2 Å². The molecule has 168 valence electrons. The lowest BCUT2D eigenvalue weighted by Gasteiger charge is -2.15. The fourth-order valence-electron chi connectivity index (χ4n) is 3.34. The Morgan fingerprint density at radius 1 is 1.18 bits per heavy atom. The first kappa shape index (κ1) is 23.0. The van der Waals surface area contributed by atoms with E-state index in [9.17, 15) is 14.9 Å². The topological polar surface area (TPSA) is 85.8 Å². The van der Waals surface area contributed by atoms with E-state index >= 15 is 0 Å². The molecule has 0 spiro atoms. The van der Waals surface area contributed by atoms with Gasteiger partial charge in [0.2, 0.25) is 0 Å². The Hall–Kier alpha value is -3.14. The number of nitro groups is 1.